The lowest BCUT2D eigenvalue weighted by atomic mass is 9.74. The quantitative estimate of drug-likeness (QED) is 0.533. The third kappa shape index (κ3) is 5.64. The van der Waals surface area contributed by atoms with Crippen LogP contribution in [0.4, 0.5) is 0 Å². The van der Waals surface area contributed by atoms with E-state index in [0.29, 0.717) is 0 Å². The molecule has 2 aromatic carbocycles. The van der Waals surface area contributed by atoms with Gasteiger partial charge in [-0.1, -0.05) is 41.9 Å². The molecule has 0 amide bonds. The summed E-state index contributed by atoms with van der Waals surface area (Å²) >= 11 is 6.27. The van der Waals surface area contributed by atoms with Crippen molar-refractivity contribution in [3.63, 3.8) is 0 Å². The van der Waals surface area contributed by atoms with Gasteiger partial charge in [0.05, 0.1) is 7.11 Å². The van der Waals surface area contributed by atoms with E-state index in [1.165, 1.54) is 11.1 Å². The number of rotatable bonds is 7. The molecule has 2 aromatic rings. The second-order valence-corrected chi connectivity index (χ2v) is 7.75. The number of nitrogens with zero attached hydrogens (tertiary/aromatic N) is 1. The summed E-state index contributed by atoms with van der Waals surface area (Å²) < 4.78 is 11.1. The number of para-hydroxylation sites is 1. The minimum absolute atomic E-state index is 0.0105. The van der Waals surface area contributed by atoms with Crippen molar-refractivity contribution in [1.29, 1.82) is 0 Å². The Labute approximate surface area is 178 Å². The highest BCUT2D eigenvalue weighted by Crippen LogP contribution is 2.35. The molecule has 29 heavy (non-hydrogen) atoms. The van der Waals surface area contributed by atoms with Crippen LogP contribution in [-0.2, 0) is 16.6 Å². The van der Waals surface area contributed by atoms with Crippen LogP contribution in [0.3, 0.4) is 0 Å². The zero-order valence-corrected chi connectivity index (χ0v) is 18.0. The average molecular weight is 416 g/mol. The predicted octanol–water partition coefficient (Wildman–Crippen LogP) is 3.80. The van der Waals surface area contributed by atoms with E-state index in [0.717, 1.165) is 62.3 Å². The maximum atomic E-state index is 6.27. The molecule has 0 spiro atoms. The molecule has 156 valence electrons. The number of hydrogen-bond acceptors (Lipinski definition) is 3. The topological polar surface area (TPSA) is 54.9 Å². The molecule has 1 heterocycles. The van der Waals surface area contributed by atoms with Crippen molar-refractivity contribution < 1.29 is 9.47 Å². The molecule has 0 aliphatic carbocycles. The van der Waals surface area contributed by atoms with Crippen LogP contribution in [0.25, 0.3) is 0 Å². The average Bonchev–Trinajstić information content (AvgIpc) is 2.77. The fourth-order valence-electron chi connectivity index (χ4n) is 3.85. The summed E-state index contributed by atoms with van der Waals surface area (Å²) in [5.74, 6) is 1.71. The molecule has 3 rings (SSSR count). The van der Waals surface area contributed by atoms with E-state index < -0.39 is 0 Å². The summed E-state index contributed by atoms with van der Waals surface area (Å²) in [6.45, 7) is 3.07. The van der Waals surface area contributed by atoms with Crippen LogP contribution in [0, 0.1) is 0 Å². The number of nitrogens with one attached hydrogen (secondary N) is 2. The van der Waals surface area contributed by atoms with Crippen LogP contribution < -0.4 is 15.4 Å². The van der Waals surface area contributed by atoms with Gasteiger partial charge in [-0.15, -0.1) is 0 Å². The van der Waals surface area contributed by atoms with Gasteiger partial charge in [0.25, 0.3) is 0 Å². The minimum Gasteiger partial charge on any atom is -0.496 e. The van der Waals surface area contributed by atoms with Crippen LogP contribution in [0.15, 0.2) is 53.5 Å². The maximum absolute atomic E-state index is 6.27. The number of guanidine groups is 1. The summed E-state index contributed by atoms with van der Waals surface area (Å²) in [7, 11) is 3.50. The van der Waals surface area contributed by atoms with E-state index in [9.17, 15) is 0 Å². The van der Waals surface area contributed by atoms with Gasteiger partial charge in [-0.25, -0.2) is 0 Å². The summed E-state index contributed by atoms with van der Waals surface area (Å²) in [6, 6.07) is 16.3. The van der Waals surface area contributed by atoms with Gasteiger partial charge in [-0.2, -0.15) is 0 Å². The van der Waals surface area contributed by atoms with Crippen molar-refractivity contribution in [2.45, 2.75) is 24.7 Å². The molecule has 1 saturated heterocycles. The van der Waals surface area contributed by atoms with E-state index in [-0.39, 0.29) is 5.41 Å². The molecule has 2 N–H and O–H groups in total. The molecule has 1 aliphatic rings. The van der Waals surface area contributed by atoms with Gasteiger partial charge in [0.1, 0.15) is 5.75 Å². The highest BCUT2D eigenvalue weighted by Gasteiger charge is 2.34. The second kappa shape index (κ2) is 10.5. The minimum atomic E-state index is -0.0105. The van der Waals surface area contributed by atoms with Crippen molar-refractivity contribution in [2.24, 2.45) is 4.99 Å². The lowest BCUT2D eigenvalue weighted by Gasteiger charge is -2.38. The van der Waals surface area contributed by atoms with E-state index in [2.05, 4.69) is 33.8 Å². The molecule has 6 heteroatoms. The van der Waals surface area contributed by atoms with Gasteiger partial charge in [-0.05, 0) is 48.6 Å². The maximum Gasteiger partial charge on any atom is 0.191 e. The zero-order valence-electron chi connectivity index (χ0n) is 17.2. The van der Waals surface area contributed by atoms with Gasteiger partial charge in [-0.3, -0.25) is 4.99 Å². The Morgan fingerprint density at radius 2 is 1.93 bits per heavy atom. The molecule has 0 radical (unpaired) electrons. The van der Waals surface area contributed by atoms with E-state index in [4.69, 9.17) is 21.1 Å². The van der Waals surface area contributed by atoms with Crippen molar-refractivity contribution in [3.8, 4) is 5.75 Å². The Bertz CT molecular complexity index is 819. The molecule has 0 atom stereocenters. The Morgan fingerprint density at radius 1 is 1.14 bits per heavy atom. The molecule has 0 aromatic heterocycles. The number of benzene rings is 2. The van der Waals surface area contributed by atoms with Gasteiger partial charge < -0.3 is 20.1 Å². The molecule has 0 unspecified atom stereocenters. The Morgan fingerprint density at radius 3 is 2.66 bits per heavy atom. The highest BCUT2D eigenvalue weighted by molar-refractivity contribution is 6.30. The number of halogens is 1. The molecule has 1 aliphatic heterocycles. The first-order chi connectivity index (χ1) is 14.2. The predicted molar refractivity (Wildman–Crippen MR) is 119 cm³/mol. The van der Waals surface area contributed by atoms with E-state index in [1.54, 1.807) is 14.2 Å². The van der Waals surface area contributed by atoms with E-state index >= 15 is 0 Å². The summed E-state index contributed by atoms with van der Waals surface area (Å²) in [6.07, 6.45) is 2.77. The van der Waals surface area contributed by atoms with Crippen LogP contribution in [0.5, 0.6) is 5.75 Å². The van der Waals surface area contributed by atoms with Crippen LogP contribution >= 0.6 is 11.6 Å². The Hall–Kier alpha value is -2.24. The van der Waals surface area contributed by atoms with Gasteiger partial charge in [0, 0.05) is 43.8 Å². The summed E-state index contributed by atoms with van der Waals surface area (Å²) in [4.78, 5) is 4.39. The van der Waals surface area contributed by atoms with Crippen molar-refractivity contribution in [2.75, 3.05) is 40.5 Å². The van der Waals surface area contributed by atoms with Gasteiger partial charge >= 0.3 is 0 Å². The number of methoxy groups -OCH3 is 1. The monoisotopic (exact) mass is 415 g/mol. The number of aliphatic imine (C=N–C) groups is 1. The summed E-state index contributed by atoms with van der Waals surface area (Å²) in [5, 5.41) is 7.71. The van der Waals surface area contributed by atoms with Crippen molar-refractivity contribution >= 4 is 17.6 Å². The largest absolute Gasteiger partial charge is 0.496 e. The first-order valence-electron chi connectivity index (χ1n) is 10.1. The number of ether oxygens (including phenoxy) is 2. The van der Waals surface area contributed by atoms with E-state index in [1.807, 2.05) is 30.3 Å². The standard InChI is InChI=1S/C23H30ClN3O2/c1-25-22(26-13-10-18-6-3-4-9-21(18)28-2)27-17-23(11-14-29-15-12-23)19-7-5-8-20(24)16-19/h3-9,16H,10-15,17H2,1-2H3,(H2,25,26,27). The number of hydrogen-bond donors (Lipinski definition) is 2. The molecule has 1 fully saturated rings. The first-order valence-corrected chi connectivity index (χ1v) is 10.4. The molecule has 0 saturated carbocycles. The smallest absolute Gasteiger partial charge is 0.191 e. The normalized spacial score (nSPS) is 16.3. The van der Waals surface area contributed by atoms with Gasteiger partial charge in [0.15, 0.2) is 5.96 Å². The zero-order chi connectivity index (χ0) is 20.5. The third-order valence-electron chi connectivity index (χ3n) is 5.58. The Balaban J connectivity index is 1.60. The molecule has 5 nitrogen and oxygen atoms in total. The van der Waals surface area contributed by atoms with Crippen molar-refractivity contribution in [3.05, 3.63) is 64.7 Å². The SMILES string of the molecule is CN=C(NCCc1ccccc1OC)NCC1(c2cccc(Cl)c2)CCOCC1. The molecule has 0 bridgehead atoms. The Kier molecular flexibility index (Phi) is 7.78. The highest BCUT2D eigenvalue weighted by atomic mass is 35.5. The second-order valence-electron chi connectivity index (χ2n) is 7.32. The van der Waals surface area contributed by atoms with Crippen LogP contribution in [-0.4, -0.2) is 46.4 Å². The first kappa shape index (κ1) is 21.5. The van der Waals surface area contributed by atoms with Crippen LogP contribution in [0.1, 0.15) is 24.0 Å². The van der Waals surface area contributed by atoms with Crippen molar-refractivity contribution in [1.82, 2.24) is 10.6 Å². The molecular formula is C23H30ClN3O2. The summed E-state index contributed by atoms with van der Waals surface area (Å²) in [5.41, 5.74) is 2.42. The lowest BCUT2D eigenvalue weighted by Crippen LogP contribution is -2.48. The molecular weight excluding hydrogens is 386 g/mol. The third-order valence-corrected chi connectivity index (χ3v) is 5.82. The lowest BCUT2D eigenvalue weighted by molar-refractivity contribution is 0.0514. The fraction of sp³-hybridized carbons (Fsp3) is 0.435. The fourth-order valence-corrected chi connectivity index (χ4v) is 4.04. The van der Waals surface area contributed by atoms with Gasteiger partial charge in [0.2, 0.25) is 0 Å². The van der Waals surface area contributed by atoms with Crippen LogP contribution in [0.2, 0.25) is 5.02 Å².